The highest BCUT2D eigenvalue weighted by molar-refractivity contribution is 5.91. The largest absolute Gasteiger partial charge is 0.310 e. The monoisotopic (exact) mass is 829 g/mol. The molecule has 1 heteroatoms. The second-order valence-corrected chi connectivity index (χ2v) is 18.1. The first kappa shape index (κ1) is 38.7. The topological polar surface area (TPSA) is 3.24 Å². The molecule has 0 radical (unpaired) electrons. The van der Waals surface area contributed by atoms with Crippen LogP contribution in [0.2, 0.25) is 0 Å². The Bertz CT molecular complexity index is 3310. The van der Waals surface area contributed by atoms with E-state index in [0.717, 1.165) is 17.1 Å². The molecular weight excluding hydrogens is 783 g/mol. The molecule has 0 aliphatic heterocycles. The summed E-state index contributed by atoms with van der Waals surface area (Å²) in [6.45, 7) is 4.78. The van der Waals surface area contributed by atoms with Gasteiger partial charge in [-0.3, -0.25) is 0 Å². The smallest absolute Gasteiger partial charge is 0.0714 e. The summed E-state index contributed by atoms with van der Waals surface area (Å²) in [6, 6.07) is 92.0. The van der Waals surface area contributed by atoms with Gasteiger partial charge in [-0.1, -0.05) is 220 Å². The maximum absolute atomic E-state index is 2.48. The van der Waals surface area contributed by atoms with Crippen LogP contribution >= 0.6 is 0 Å². The van der Waals surface area contributed by atoms with Gasteiger partial charge in [0.1, 0.15) is 0 Å². The summed E-state index contributed by atoms with van der Waals surface area (Å²) in [6.07, 6.45) is 0. The van der Waals surface area contributed by atoms with Crippen LogP contribution in [0.1, 0.15) is 47.2 Å². The second-order valence-electron chi connectivity index (χ2n) is 18.1. The second kappa shape index (κ2) is 15.4. The zero-order valence-corrected chi connectivity index (χ0v) is 36.6. The van der Waals surface area contributed by atoms with Gasteiger partial charge in [0.15, 0.2) is 0 Å². The van der Waals surface area contributed by atoms with Crippen LogP contribution in [0.3, 0.4) is 0 Å². The first-order valence-corrected chi connectivity index (χ1v) is 22.7. The third-order valence-corrected chi connectivity index (χ3v) is 14.2. The Morgan fingerprint density at radius 1 is 0.262 bits per heavy atom. The molecule has 0 spiro atoms. The summed E-state index contributed by atoms with van der Waals surface area (Å²) in [5.41, 5.74) is 23.0. The lowest BCUT2D eigenvalue weighted by molar-refractivity contribution is 0.660. The van der Waals surface area contributed by atoms with Crippen molar-refractivity contribution in [3.63, 3.8) is 0 Å². The Hall–Kier alpha value is -8.00. The lowest BCUT2D eigenvalue weighted by Crippen LogP contribution is -2.28. The first-order chi connectivity index (χ1) is 32.0. The lowest BCUT2D eigenvalue weighted by Gasteiger charge is -2.35. The number of nitrogens with zero attached hydrogens (tertiary/aromatic N) is 1. The summed E-state index contributed by atoms with van der Waals surface area (Å²) in [5, 5.41) is 0. The van der Waals surface area contributed by atoms with Gasteiger partial charge in [0.25, 0.3) is 0 Å². The predicted molar refractivity (Wildman–Crippen MR) is 272 cm³/mol. The van der Waals surface area contributed by atoms with Crippen LogP contribution in [0.15, 0.2) is 249 Å². The van der Waals surface area contributed by atoms with E-state index in [1.807, 2.05) is 0 Å². The molecule has 12 rings (SSSR count). The fraction of sp³-hybridized carbons (Fsp3) is 0.0625. The molecule has 0 saturated carbocycles. The summed E-state index contributed by atoms with van der Waals surface area (Å²) in [4.78, 5) is 2.47. The van der Waals surface area contributed by atoms with Crippen LogP contribution in [0, 0.1) is 0 Å². The maximum atomic E-state index is 2.48. The van der Waals surface area contributed by atoms with E-state index in [4.69, 9.17) is 0 Å². The standard InChI is InChI=1S/C64H47N/c1-63(2)60-41-49(45-19-9-4-10-20-45)33-38-56(60)57-39-36-53(42-61(57)63)65(52-34-31-48(32-35-52)47-29-27-46(28-30-47)44-17-7-3-8-18-44)54-37-40-58-55-25-15-16-26-59(55)64(62(58)43-54,50-21-11-5-12-22-50)51-23-13-6-14-24-51/h3-43H,1-2H3. The minimum Gasteiger partial charge on any atom is -0.310 e. The van der Waals surface area contributed by atoms with E-state index < -0.39 is 5.41 Å². The van der Waals surface area contributed by atoms with E-state index in [-0.39, 0.29) is 5.41 Å². The van der Waals surface area contributed by atoms with Gasteiger partial charge in [-0.05, 0) is 131 Å². The molecule has 1 nitrogen and oxygen atoms in total. The minimum absolute atomic E-state index is 0.206. The zero-order valence-electron chi connectivity index (χ0n) is 36.6. The van der Waals surface area contributed by atoms with Crippen molar-refractivity contribution < 1.29 is 0 Å². The number of rotatable bonds is 8. The van der Waals surface area contributed by atoms with Crippen LogP contribution in [0.4, 0.5) is 17.1 Å². The molecule has 10 aromatic carbocycles. The number of anilines is 3. The van der Waals surface area contributed by atoms with Crippen molar-refractivity contribution in [3.05, 3.63) is 282 Å². The zero-order chi connectivity index (χ0) is 43.5. The van der Waals surface area contributed by atoms with Gasteiger partial charge in [-0.15, -0.1) is 0 Å². The van der Waals surface area contributed by atoms with E-state index in [1.54, 1.807) is 0 Å². The van der Waals surface area contributed by atoms with Crippen LogP contribution in [-0.2, 0) is 10.8 Å². The van der Waals surface area contributed by atoms with Gasteiger partial charge in [0.05, 0.1) is 5.41 Å². The highest BCUT2D eigenvalue weighted by atomic mass is 15.1. The Morgan fingerprint density at radius 3 is 1.17 bits per heavy atom. The molecule has 0 atom stereocenters. The number of benzene rings is 10. The van der Waals surface area contributed by atoms with Crippen molar-refractivity contribution in [1.82, 2.24) is 0 Å². The predicted octanol–water partition coefficient (Wildman–Crippen LogP) is 16.8. The summed E-state index contributed by atoms with van der Waals surface area (Å²) in [5.74, 6) is 0. The van der Waals surface area contributed by atoms with E-state index in [0.29, 0.717) is 0 Å². The van der Waals surface area contributed by atoms with Crippen LogP contribution in [-0.4, -0.2) is 0 Å². The van der Waals surface area contributed by atoms with Crippen molar-refractivity contribution in [2.45, 2.75) is 24.7 Å². The molecule has 0 bridgehead atoms. The average molecular weight is 830 g/mol. The van der Waals surface area contributed by atoms with Crippen molar-refractivity contribution in [1.29, 1.82) is 0 Å². The van der Waals surface area contributed by atoms with Crippen molar-refractivity contribution >= 4 is 17.1 Å². The van der Waals surface area contributed by atoms with E-state index in [9.17, 15) is 0 Å². The van der Waals surface area contributed by atoms with Gasteiger partial charge in [0.2, 0.25) is 0 Å². The summed E-state index contributed by atoms with van der Waals surface area (Å²) < 4.78 is 0. The Morgan fingerprint density at radius 2 is 0.615 bits per heavy atom. The Kier molecular flexibility index (Phi) is 9.14. The minimum atomic E-state index is -0.510. The molecule has 2 aliphatic carbocycles. The fourth-order valence-electron chi connectivity index (χ4n) is 11.0. The normalized spacial score (nSPS) is 13.6. The SMILES string of the molecule is CC1(C)c2cc(-c3ccccc3)ccc2-c2ccc(N(c3ccc(-c4ccc(-c5ccccc5)cc4)cc3)c3ccc4c(c3)C(c3ccccc3)(c3ccccc3)c3ccccc3-4)cc21. The number of fused-ring (bicyclic) bond motifs is 6. The van der Waals surface area contributed by atoms with Gasteiger partial charge in [-0.25, -0.2) is 0 Å². The summed E-state index contributed by atoms with van der Waals surface area (Å²) in [7, 11) is 0. The molecule has 308 valence electrons. The first-order valence-electron chi connectivity index (χ1n) is 22.7. The molecule has 0 aromatic heterocycles. The molecule has 0 heterocycles. The Balaban J connectivity index is 1.02. The number of hydrogen-bond acceptors (Lipinski definition) is 1. The lowest BCUT2D eigenvalue weighted by atomic mass is 9.67. The van der Waals surface area contributed by atoms with Crippen LogP contribution in [0.25, 0.3) is 55.6 Å². The quantitative estimate of drug-likeness (QED) is 0.147. The molecule has 2 aliphatic rings. The van der Waals surface area contributed by atoms with Crippen molar-refractivity contribution in [2.75, 3.05) is 4.90 Å². The molecule has 0 unspecified atom stereocenters. The van der Waals surface area contributed by atoms with E-state index >= 15 is 0 Å². The van der Waals surface area contributed by atoms with Crippen molar-refractivity contribution in [3.8, 4) is 55.6 Å². The maximum Gasteiger partial charge on any atom is 0.0714 e. The molecule has 10 aromatic rings. The van der Waals surface area contributed by atoms with Gasteiger partial charge >= 0.3 is 0 Å². The van der Waals surface area contributed by atoms with E-state index in [2.05, 4.69) is 267 Å². The third-order valence-electron chi connectivity index (χ3n) is 14.2. The molecule has 0 N–H and O–H groups in total. The van der Waals surface area contributed by atoms with Gasteiger partial charge in [-0.2, -0.15) is 0 Å². The Labute approximate surface area is 382 Å². The highest BCUT2D eigenvalue weighted by Gasteiger charge is 2.46. The van der Waals surface area contributed by atoms with Crippen LogP contribution in [0.5, 0.6) is 0 Å². The van der Waals surface area contributed by atoms with Crippen LogP contribution < -0.4 is 4.90 Å². The average Bonchev–Trinajstić information content (AvgIpc) is 3.80. The number of hydrogen-bond donors (Lipinski definition) is 0. The molecule has 0 saturated heterocycles. The fourth-order valence-corrected chi connectivity index (χ4v) is 11.0. The molecule has 0 fully saturated rings. The van der Waals surface area contributed by atoms with Gasteiger partial charge in [0, 0.05) is 22.5 Å². The highest BCUT2D eigenvalue weighted by Crippen LogP contribution is 2.58. The van der Waals surface area contributed by atoms with Gasteiger partial charge < -0.3 is 4.90 Å². The molecular formula is C64H47N. The third kappa shape index (κ3) is 6.22. The van der Waals surface area contributed by atoms with E-state index in [1.165, 1.54) is 89.0 Å². The molecule has 65 heavy (non-hydrogen) atoms. The summed E-state index contributed by atoms with van der Waals surface area (Å²) >= 11 is 0. The van der Waals surface area contributed by atoms with Crippen molar-refractivity contribution in [2.24, 2.45) is 0 Å². The molecule has 0 amide bonds.